The van der Waals surface area contributed by atoms with E-state index in [1.807, 2.05) is 0 Å². The van der Waals surface area contributed by atoms with E-state index in [1.165, 1.54) is 26.4 Å². The quantitative estimate of drug-likeness (QED) is 0.652. The average Bonchev–Trinajstić information content (AvgIpc) is 2.70. The van der Waals surface area contributed by atoms with Gasteiger partial charge in [-0.1, -0.05) is 17.7 Å². The Labute approximate surface area is 166 Å². The Hall–Kier alpha value is -3.26. The van der Waals surface area contributed by atoms with E-state index >= 15 is 0 Å². The minimum Gasteiger partial charge on any atom is -0.497 e. The molecule has 8 nitrogen and oxygen atoms in total. The summed E-state index contributed by atoms with van der Waals surface area (Å²) >= 11 is 5.88. The number of carbonyl (C=O) groups is 3. The summed E-state index contributed by atoms with van der Waals surface area (Å²) in [5.41, 5.74) is 0.681. The minimum atomic E-state index is -0.760. The van der Waals surface area contributed by atoms with Crippen LogP contribution < -0.4 is 20.1 Å². The van der Waals surface area contributed by atoms with Gasteiger partial charge in [0.05, 0.1) is 19.9 Å². The monoisotopic (exact) mass is 406 g/mol. The van der Waals surface area contributed by atoms with E-state index in [0.29, 0.717) is 27.8 Å². The summed E-state index contributed by atoms with van der Waals surface area (Å²) in [5.74, 6) is -0.876. The van der Waals surface area contributed by atoms with Crippen LogP contribution in [0.3, 0.4) is 0 Å². The lowest BCUT2D eigenvalue weighted by Gasteiger charge is -2.11. The Kier molecular flexibility index (Phi) is 7.65. The Morgan fingerprint density at radius 2 is 1.82 bits per heavy atom. The van der Waals surface area contributed by atoms with Gasteiger partial charge in [-0.25, -0.2) is 0 Å². The molecule has 0 saturated heterocycles. The molecule has 0 aliphatic rings. The van der Waals surface area contributed by atoms with Gasteiger partial charge in [-0.2, -0.15) is 0 Å². The van der Waals surface area contributed by atoms with Crippen molar-refractivity contribution in [2.45, 2.75) is 0 Å². The maximum Gasteiger partial charge on any atom is 0.325 e. The molecule has 28 heavy (non-hydrogen) atoms. The van der Waals surface area contributed by atoms with Gasteiger partial charge in [0.2, 0.25) is 0 Å². The SMILES string of the molecule is COc1cccc(C(=O)NCC(=O)OCC(=O)Nc2cc(Cl)ccc2OC)c1. The average molecular weight is 407 g/mol. The second-order valence-electron chi connectivity index (χ2n) is 5.47. The Morgan fingerprint density at radius 1 is 1.04 bits per heavy atom. The number of esters is 1. The first-order valence-electron chi connectivity index (χ1n) is 8.14. The normalized spacial score (nSPS) is 9.96. The fourth-order valence-electron chi connectivity index (χ4n) is 2.18. The number of carbonyl (C=O) groups excluding carboxylic acids is 3. The number of hydrogen-bond donors (Lipinski definition) is 2. The number of halogens is 1. The number of anilines is 1. The van der Waals surface area contributed by atoms with Crippen molar-refractivity contribution in [3.63, 3.8) is 0 Å². The number of rotatable bonds is 8. The molecule has 0 unspecified atom stereocenters. The van der Waals surface area contributed by atoms with Gasteiger partial charge in [0, 0.05) is 10.6 Å². The number of benzene rings is 2. The van der Waals surface area contributed by atoms with Crippen LogP contribution in [0.1, 0.15) is 10.4 Å². The standard InChI is InChI=1S/C19H19ClN2O6/c1-26-14-5-3-4-12(8-14)19(25)21-10-18(24)28-11-17(23)22-15-9-13(20)6-7-16(15)27-2/h3-9H,10-11H2,1-2H3,(H,21,25)(H,22,23). The number of nitrogens with one attached hydrogen (secondary N) is 2. The summed E-state index contributed by atoms with van der Waals surface area (Å²) < 4.78 is 15.0. The third-order valence-electron chi connectivity index (χ3n) is 3.53. The van der Waals surface area contributed by atoms with Gasteiger partial charge in [0.1, 0.15) is 18.0 Å². The summed E-state index contributed by atoms with van der Waals surface area (Å²) in [7, 11) is 2.93. The highest BCUT2D eigenvalue weighted by molar-refractivity contribution is 6.31. The van der Waals surface area contributed by atoms with Crippen LogP contribution in [0.5, 0.6) is 11.5 Å². The van der Waals surface area contributed by atoms with Crippen molar-refractivity contribution in [3.05, 3.63) is 53.1 Å². The van der Waals surface area contributed by atoms with Crippen LogP contribution in [0.15, 0.2) is 42.5 Å². The number of methoxy groups -OCH3 is 2. The lowest BCUT2D eigenvalue weighted by Crippen LogP contribution is -2.32. The molecule has 0 aliphatic carbocycles. The molecule has 0 heterocycles. The summed E-state index contributed by atoms with van der Waals surface area (Å²) in [6.07, 6.45) is 0. The molecule has 0 radical (unpaired) electrons. The van der Waals surface area contributed by atoms with Crippen molar-refractivity contribution < 1.29 is 28.6 Å². The molecule has 0 aromatic heterocycles. The zero-order valence-corrected chi connectivity index (χ0v) is 16.0. The fraction of sp³-hybridized carbons (Fsp3) is 0.211. The van der Waals surface area contributed by atoms with Crippen LogP contribution in [-0.4, -0.2) is 45.2 Å². The van der Waals surface area contributed by atoms with Crippen LogP contribution in [0.4, 0.5) is 5.69 Å². The second kappa shape index (κ2) is 10.2. The predicted octanol–water partition coefficient (Wildman–Crippen LogP) is 2.27. The smallest absolute Gasteiger partial charge is 0.325 e. The van der Waals surface area contributed by atoms with Crippen molar-refractivity contribution in [1.29, 1.82) is 0 Å². The van der Waals surface area contributed by atoms with Gasteiger partial charge < -0.3 is 24.8 Å². The topological polar surface area (TPSA) is 103 Å². The number of ether oxygens (including phenoxy) is 3. The van der Waals surface area contributed by atoms with Crippen LogP contribution >= 0.6 is 11.6 Å². The molecular weight excluding hydrogens is 388 g/mol. The molecule has 0 fully saturated rings. The molecule has 2 rings (SSSR count). The molecular formula is C19H19ClN2O6. The second-order valence-corrected chi connectivity index (χ2v) is 5.90. The van der Waals surface area contributed by atoms with Crippen LogP contribution in [0.25, 0.3) is 0 Å². The van der Waals surface area contributed by atoms with E-state index in [-0.39, 0.29) is 6.54 Å². The Balaban J connectivity index is 1.79. The maximum absolute atomic E-state index is 12.0. The molecule has 0 spiro atoms. The van der Waals surface area contributed by atoms with Gasteiger partial charge in [0.25, 0.3) is 11.8 Å². The highest BCUT2D eigenvalue weighted by Gasteiger charge is 2.13. The molecule has 148 valence electrons. The van der Waals surface area contributed by atoms with Crippen molar-refractivity contribution in [2.24, 2.45) is 0 Å². The zero-order valence-electron chi connectivity index (χ0n) is 15.3. The van der Waals surface area contributed by atoms with E-state index in [4.69, 9.17) is 25.8 Å². The molecule has 2 N–H and O–H groups in total. The van der Waals surface area contributed by atoms with E-state index in [1.54, 1.807) is 30.3 Å². The van der Waals surface area contributed by atoms with Gasteiger partial charge in [0.15, 0.2) is 6.61 Å². The molecule has 0 atom stereocenters. The Bertz CT molecular complexity index is 871. The number of hydrogen-bond acceptors (Lipinski definition) is 6. The summed E-state index contributed by atoms with van der Waals surface area (Å²) in [5, 5.41) is 5.36. The summed E-state index contributed by atoms with van der Waals surface area (Å²) in [6.45, 7) is -0.909. The first kappa shape index (κ1) is 21.0. The zero-order chi connectivity index (χ0) is 20.5. The molecule has 9 heteroatoms. The highest BCUT2D eigenvalue weighted by Crippen LogP contribution is 2.27. The van der Waals surface area contributed by atoms with E-state index in [0.717, 1.165) is 0 Å². The fourth-order valence-corrected chi connectivity index (χ4v) is 2.35. The lowest BCUT2D eigenvalue weighted by molar-refractivity contribution is -0.146. The molecule has 0 saturated carbocycles. The summed E-state index contributed by atoms with van der Waals surface area (Å²) in [4.78, 5) is 35.7. The third kappa shape index (κ3) is 6.17. The highest BCUT2D eigenvalue weighted by atomic mass is 35.5. The van der Waals surface area contributed by atoms with E-state index in [2.05, 4.69) is 10.6 Å². The first-order valence-corrected chi connectivity index (χ1v) is 8.52. The van der Waals surface area contributed by atoms with Gasteiger partial charge >= 0.3 is 5.97 Å². The van der Waals surface area contributed by atoms with Crippen molar-refractivity contribution in [3.8, 4) is 11.5 Å². The third-order valence-corrected chi connectivity index (χ3v) is 3.76. The van der Waals surface area contributed by atoms with E-state index in [9.17, 15) is 14.4 Å². The van der Waals surface area contributed by atoms with E-state index < -0.39 is 24.4 Å². The predicted molar refractivity (Wildman–Crippen MR) is 103 cm³/mol. The van der Waals surface area contributed by atoms with Crippen molar-refractivity contribution >= 4 is 35.1 Å². The van der Waals surface area contributed by atoms with Gasteiger partial charge in [-0.3, -0.25) is 14.4 Å². The molecule has 2 aromatic rings. The minimum absolute atomic E-state index is 0.331. The number of amides is 2. The first-order chi connectivity index (χ1) is 13.4. The maximum atomic E-state index is 12.0. The van der Waals surface area contributed by atoms with Crippen molar-refractivity contribution in [2.75, 3.05) is 32.7 Å². The molecule has 2 amide bonds. The van der Waals surface area contributed by atoms with Gasteiger partial charge in [-0.15, -0.1) is 0 Å². The Morgan fingerprint density at radius 3 is 2.54 bits per heavy atom. The largest absolute Gasteiger partial charge is 0.497 e. The molecule has 2 aromatic carbocycles. The lowest BCUT2D eigenvalue weighted by atomic mass is 10.2. The summed E-state index contributed by atoms with van der Waals surface area (Å²) in [6, 6.07) is 11.2. The van der Waals surface area contributed by atoms with Crippen LogP contribution in [0.2, 0.25) is 5.02 Å². The van der Waals surface area contributed by atoms with Crippen LogP contribution in [0, 0.1) is 0 Å². The molecule has 0 bridgehead atoms. The van der Waals surface area contributed by atoms with Crippen LogP contribution in [-0.2, 0) is 14.3 Å². The van der Waals surface area contributed by atoms with Crippen molar-refractivity contribution in [1.82, 2.24) is 5.32 Å². The van der Waals surface area contributed by atoms with Gasteiger partial charge in [-0.05, 0) is 36.4 Å². The molecule has 0 aliphatic heterocycles.